The van der Waals surface area contributed by atoms with Gasteiger partial charge in [-0.05, 0) is 0 Å². The lowest BCUT2D eigenvalue weighted by Crippen LogP contribution is -2.51. The van der Waals surface area contributed by atoms with E-state index in [1.165, 1.54) is 11.3 Å². The van der Waals surface area contributed by atoms with E-state index in [0.717, 1.165) is 18.1 Å². The van der Waals surface area contributed by atoms with Gasteiger partial charge in [0.15, 0.2) is 0 Å². The quantitative estimate of drug-likeness (QED) is 0.673. The molecule has 1 aromatic rings. The Hall–Kier alpha value is -1.21. The summed E-state index contributed by atoms with van der Waals surface area (Å²) in [5.41, 5.74) is 10.6. The SMILES string of the molecule is NC(=O)C1CN(Cc2nnc(N)s2)C1. The molecule has 0 unspecified atom stereocenters. The monoisotopic (exact) mass is 213 g/mol. The van der Waals surface area contributed by atoms with Crippen molar-refractivity contribution in [3.63, 3.8) is 0 Å². The van der Waals surface area contributed by atoms with Crippen molar-refractivity contribution >= 4 is 22.4 Å². The van der Waals surface area contributed by atoms with Crippen LogP contribution in [0.3, 0.4) is 0 Å². The van der Waals surface area contributed by atoms with E-state index in [1.807, 2.05) is 0 Å². The molecule has 1 amide bonds. The number of amides is 1. The molecule has 0 saturated carbocycles. The minimum Gasteiger partial charge on any atom is -0.374 e. The molecule has 0 bridgehead atoms. The number of likely N-dealkylation sites (tertiary alicyclic amines) is 1. The van der Waals surface area contributed by atoms with Crippen LogP contribution in [0.1, 0.15) is 5.01 Å². The first-order chi connectivity index (χ1) is 6.65. The smallest absolute Gasteiger partial charge is 0.223 e. The Morgan fingerprint density at radius 2 is 2.29 bits per heavy atom. The molecule has 7 heteroatoms. The van der Waals surface area contributed by atoms with E-state index in [2.05, 4.69) is 15.1 Å². The summed E-state index contributed by atoms with van der Waals surface area (Å²) in [6.45, 7) is 2.14. The van der Waals surface area contributed by atoms with Gasteiger partial charge >= 0.3 is 0 Å². The van der Waals surface area contributed by atoms with Gasteiger partial charge in [0.2, 0.25) is 11.0 Å². The molecule has 1 saturated heterocycles. The lowest BCUT2D eigenvalue weighted by atomic mass is 10.00. The van der Waals surface area contributed by atoms with Gasteiger partial charge in [-0.15, -0.1) is 10.2 Å². The van der Waals surface area contributed by atoms with Crippen molar-refractivity contribution in [2.24, 2.45) is 11.7 Å². The lowest BCUT2D eigenvalue weighted by molar-refractivity contribution is -0.127. The maximum Gasteiger partial charge on any atom is 0.223 e. The van der Waals surface area contributed by atoms with Gasteiger partial charge in [0.05, 0.1) is 12.5 Å². The number of rotatable bonds is 3. The number of hydrogen-bond donors (Lipinski definition) is 2. The standard InChI is InChI=1S/C7H11N5OS/c8-6(13)4-1-12(2-4)3-5-10-11-7(9)14-5/h4H,1-3H2,(H2,8,13)(H2,9,11). The Morgan fingerprint density at radius 1 is 1.57 bits per heavy atom. The fraction of sp³-hybridized carbons (Fsp3) is 0.571. The van der Waals surface area contributed by atoms with Gasteiger partial charge in [-0.25, -0.2) is 0 Å². The molecule has 1 aliphatic heterocycles. The van der Waals surface area contributed by atoms with Gasteiger partial charge in [-0.2, -0.15) is 0 Å². The van der Waals surface area contributed by atoms with Crippen LogP contribution in [0.15, 0.2) is 0 Å². The Balaban J connectivity index is 1.82. The first kappa shape index (κ1) is 9.35. The fourth-order valence-electron chi connectivity index (χ4n) is 1.40. The molecule has 0 spiro atoms. The third-order valence-electron chi connectivity index (χ3n) is 2.20. The molecule has 4 N–H and O–H groups in total. The Bertz CT molecular complexity index is 346. The minimum atomic E-state index is -0.224. The van der Waals surface area contributed by atoms with Crippen LogP contribution < -0.4 is 11.5 Å². The zero-order valence-corrected chi connectivity index (χ0v) is 8.33. The molecule has 14 heavy (non-hydrogen) atoms. The van der Waals surface area contributed by atoms with Crippen molar-refractivity contribution in [2.75, 3.05) is 18.8 Å². The summed E-state index contributed by atoms with van der Waals surface area (Å²) in [4.78, 5) is 12.8. The van der Waals surface area contributed by atoms with Crippen LogP contribution in [0.2, 0.25) is 0 Å². The largest absolute Gasteiger partial charge is 0.374 e. The molecule has 76 valence electrons. The van der Waals surface area contributed by atoms with Gasteiger partial charge in [-0.1, -0.05) is 11.3 Å². The zero-order valence-electron chi connectivity index (χ0n) is 7.51. The molecule has 0 atom stereocenters. The fourth-order valence-corrected chi connectivity index (χ4v) is 2.05. The third kappa shape index (κ3) is 1.83. The number of nitrogens with two attached hydrogens (primary N) is 2. The summed E-state index contributed by atoms with van der Waals surface area (Å²) in [6, 6.07) is 0. The van der Waals surface area contributed by atoms with Crippen molar-refractivity contribution in [2.45, 2.75) is 6.54 Å². The van der Waals surface area contributed by atoms with E-state index in [9.17, 15) is 4.79 Å². The van der Waals surface area contributed by atoms with Crippen molar-refractivity contribution in [3.8, 4) is 0 Å². The number of carbonyl (C=O) groups excluding carboxylic acids is 1. The summed E-state index contributed by atoms with van der Waals surface area (Å²) < 4.78 is 0. The van der Waals surface area contributed by atoms with E-state index in [4.69, 9.17) is 11.5 Å². The van der Waals surface area contributed by atoms with Crippen LogP contribution in [0.25, 0.3) is 0 Å². The summed E-state index contributed by atoms with van der Waals surface area (Å²) >= 11 is 1.37. The van der Waals surface area contributed by atoms with E-state index in [0.29, 0.717) is 11.7 Å². The molecule has 6 nitrogen and oxygen atoms in total. The highest BCUT2D eigenvalue weighted by Gasteiger charge is 2.31. The highest BCUT2D eigenvalue weighted by atomic mass is 32.1. The normalized spacial score (nSPS) is 18.0. The highest BCUT2D eigenvalue weighted by molar-refractivity contribution is 7.15. The number of nitrogens with zero attached hydrogens (tertiary/aromatic N) is 3. The first-order valence-electron chi connectivity index (χ1n) is 4.24. The van der Waals surface area contributed by atoms with Crippen molar-refractivity contribution in [3.05, 3.63) is 5.01 Å². The maximum atomic E-state index is 10.7. The van der Waals surface area contributed by atoms with E-state index >= 15 is 0 Å². The van der Waals surface area contributed by atoms with Crippen LogP contribution in [-0.2, 0) is 11.3 Å². The number of nitrogen functional groups attached to an aromatic ring is 1. The molecule has 0 radical (unpaired) electrons. The molecular formula is C7H11N5OS. The van der Waals surface area contributed by atoms with E-state index in [-0.39, 0.29) is 11.8 Å². The predicted molar refractivity (Wildman–Crippen MR) is 52.3 cm³/mol. The molecule has 1 aromatic heterocycles. The maximum absolute atomic E-state index is 10.7. The van der Waals surface area contributed by atoms with Gasteiger partial charge in [-0.3, -0.25) is 9.69 Å². The summed E-state index contributed by atoms with van der Waals surface area (Å²) in [7, 11) is 0. The average Bonchev–Trinajstić information content (AvgIpc) is 2.42. The van der Waals surface area contributed by atoms with Gasteiger partial charge in [0.1, 0.15) is 5.01 Å². The summed E-state index contributed by atoms with van der Waals surface area (Å²) in [5, 5.41) is 8.96. The van der Waals surface area contributed by atoms with E-state index < -0.39 is 0 Å². The van der Waals surface area contributed by atoms with Crippen LogP contribution in [0.4, 0.5) is 5.13 Å². The summed E-state index contributed by atoms with van der Waals surface area (Å²) in [6.07, 6.45) is 0. The van der Waals surface area contributed by atoms with Crippen LogP contribution in [0.5, 0.6) is 0 Å². The van der Waals surface area contributed by atoms with Crippen LogP contribution >= 0.6 is 11.3 Å². The van der Waals surface area contributed by atoms with Gasteiger partial charge in [0.25, 0.3) is 0 Å². The first-order valence-corrected chi connectivity index (χ1v) is 5.06. The average molecular weight is 213 g/mol. The second-order valence-electron chi connectivity index (χ2n) is 3.33. The molecule has 2 heterocycles. The number of anilines is 1. The topological polar surface area (TPSA) is 98.1 Å². The zero-order chi connectivity index (χ0) is 10.1. The van der Waals surface area contributed by atoms with Crippen LogP contribution in [-0.4, -0.2) is 34.1 Å². The van der Waals surface area contributed by atoms with Crippen molar-refractivity contribution in [1.29, 1.82) is 0 Å². The molecular weight excluding hydrogens is 202 g/mol. The number of hydrogen-bond acceptors (Lipinski definition) is 6. The Kier molecular flexibility index (Phi) is 2.34. The van der Waals surface area contributed by atoms with Crippen molar-refractivity contribution in [1.82, 2.24) is 15.1 Å². The highest BCUT2D eigenvalue weighted by Crippen LogP contribution is 2.20. The Morgan fingerprint density at radius 3 is 2.79 bits per heavy atom. The van der Waals surface area contributed by atoms with Crippen LogP contribution in [0, 0.1) is 5.92 Å². The molecule has 0 aromatic carbocycles. The van der Waals surface area contributed by atoms with E-state index in [1.54, 1.807) is 0 Å². The molecule has 2 rings (SSSR count). The second kappa shape index (κ2) is 3.50. The molecule has 1 aliphatic rings. The predicted octanol–water partition coefficient (Wildman–Crippen LogP) is -0.963. The molecule has 1 fully saturated rings. The minimum absolute atomic E-state index is 0.000248. The number of aromatic nitrogens is 2. The summed E-state index contributed by atoms with van der Waals surface area (Å²) in [5.74, 6) is -0.224. The lowest BCUT2D eigenvalue weighted by Gasteiger charge is -2.36. The van der Waals surface area contributed by atoms with Gasteiger partial charge in [0, 0.05) is 13.1 Å². The molecule has 0 aliphatic carbocycles. The number of carbonyl (C=O) groups is 1. The number of primary amides is 1. The van der Waals surface area contributed by atoms with Gasteiger partial charge < -0.3 is 11.5 Å². The second-order valence-corrected chi connectivity index (χ2v) is 4.42. The van der Waals surface area contributed by atoms with Crippen molar-refractivity contribution < 1.29 is 4.79 Å². The Labute approximate surface area is 84.9 Å². The third-order valence-corrected chi connectivity index (χ3v) is 2.94.